The summed E-state index contributed by atoms with van der Waals surface area (Å²) in [5, 5.41) is 11.1. The zero-order valence-electron chi connectivity index (χ0n) is 19.0. The number of hydroxylamine groups is 2. The Bertz CT molecular complexity index is 1200. The van der Waals surface area contributed by atoms with Gasteiger partial charge in [0.15, 0.2) is 16.1 Å². The maximum absolute atomic E-state index is 12.4. The second-order valence-corrected chi connectivity index (χ2v) is 11.3. The summed E-state index contributed by atoms with van der Waals surface area (Å²) in [6.07, 6.45) is -0.839. The van der Waals surface area contributed by atoms with Gasteiger partial charge in [-0.05, 0) is 23.4 Å². The van der Waals surface area contributed by atoms with Gasteiger partial charge < -0.3 is 10.2 Å². The standard InChI is InChI=1S/C18H20N6O9S3/c1-19-23-21-11-3-4-13(22-29)12(9-11)17(27)20-6-8-35-34-7-5-16(26)33-24-15(25)10-14(18(24)28)36(30,31)32-2/h3-4,9,14H,5-8,10H2,1-2H3/p+1. The summed E-state index contributed by atoms with van der Waals surface area (Å²) in [7, 11) is 0.599. The molecule has 15 nitrogen and oxygen atoms in total. The highest BCUT2D eigenvalue weighted by atomic mass is 33.1. The van der Waals surface area contributed by atoms with Gasteiger partial charge in [0.1, 0.15) is 17.8 Å². The van der Waals surface area contributed by atoms with Gasteiger partial charge >= 0.3 is 5.97 Å². The van der Waals surface area contributed by atoms with Crippen molar-refractivity contribution in [3.63, 3.8) is 0 Å². The predicted octanol–water partition coefficient (Wildman–Crippen LogP) is 1.38. The van der Waals surface area contributed by atoms with Gasteiger partial charge in [-0.2, -0.15) is 8.42 Å². The molecule has 1 aliphatic heterocycles. The van der Waals surface area contributed by atoms with Crippen LogP contribution in [-0.4, -0.2) is 74.6 Å². The molecule has 1 aromatic carbocycles. The topological polar surface area (TPSA) is 204 Å². The number of amides is 3. The molecule has 1 atom stereocenters. The number of benzene rings is 1. The molecule has 194 valence electrons. The number of nitrogens with one attached hydrogen (secondary N) is 1. The van der Waals surface area contributed by atoms with Crippen molar-refractivity contribution in [1.29, 1.82) is 0 Å². The van der Waals surface area contributed by atoms with Gasteiger partial charge in [-0.25, -0.2) is 4.79 Å². The van der Waals surface area contributed by atoms with Crippen LogP contribution in [-0.2, 0) is 33.5 Å². The maximum atomic E-state index is 12.4. The van der Waals surface area contributed by atoms with Gasteiger partial charge in [-0.1, -0.05) is 21.6 Å². The van der Waals surface area contributed by atoms with E-state index in [1.165, 1.54) is 46.8 Å². The molecule has 1 fully saturated rings. The molecule has 1 aliphatic rings. The van der Waals surface area contributed by atoms with Gasteiger partial charge in [-0.3, -0.25) is 18.6 Å². The molecule has 0 aliphatic carbocycles. The monoisotopic (exact) mass is 561 g/mol. The molecule has 0 aromatic heterocycles. The van der Waals surface area contributed by atoms with E-state index in [0.29, 0.717) is 11.4 Å². The highest BCUT2D eigenvalue weighted by Gasteiger charge is 2.49. The van der Waals surface area contributed by atoms with Crippen LogP contribution in [0.4, 0.5) is 11.4 Å². The molecule has 1 saturated heterocycles. The zero-order chi connectivity index (χ0) is 26.7. The fourth-order valence-electron chi connectivity index (χ4n) is 2.66. The van der Waals surface area contributed by atoms with Crippen LogP contribution in [0.5, 0.6) is 0 Å². The van der Waals surface area contributed by atoms with Crippen molar-refractivity contribution in [2.75, 3.05) is 32.2 Å². The van der Waals surface area contributed by atoms with E-state index in [1.54, 1.807) is 0 Å². The summed E-state index contributed by atoms with van der Waals surface area (Å²) in [5.41, 5.74) is 0.300. The average molecular weight is 562 g/mol. The van der Waals surface area contributed by atoms with Crippen LogP contribution in [0, 0.1) is 4.91 Å². The van der Waals surface area contributed by atoms with Crippen molar-refractivity contribution < 1.29 is 36.6 Å². The van der Waals surface area contributed by atoms with Crippen molar-refractivity contribution in [3.8, 4) is 0 Å². The first-order valence-corrected chi connectivity index (χ1v) is 14.0. The Hall–Kier alpha value is -3.18. The minimum Gasteiger partial charge on any atom is -0.351 e. The molecule has 18 heteroatoms. The molecule has 1 heterocycles. The summed E-state index contributed by atoms with van der Waals surface area (Å²) < 4.78 is 27.6. The van der Waals surface area contributed by atoms with E-state index in [-0.39, 0.29) is 35.0 Å². The number of carbonyl (C=O) groups is 4. The Morgan fingerprint density at radius 3 is 2.64 bits per heavy atom. The molecule has 1 unspecified atom stereocenters. The third-order valence-corrected chi connectivity index (χ3v) is 8.29. The number of carbonyl (C=O) groups excluding carboxylic acids is 4. The average Bonchev–Trinajstić information content (AvgIpc) is 3.15. The molecule has 2 rings (SSSR count). The van der Waals surface area contributed by atoms with Crippen LogP contribution >= 0.6 is 21.6 Å². The largest absolute Gasteiger partial charge is 0.351 e. The lowest BCUT2D eigenvalue weighted by Crippen LogP contribution is -2.37. The minimum absolute atomic E-state index is 0.0319. The van der Waals surface area contributed by atoms with Crippen LogP contribution in [0.2, 0.25) is 0 Å². The van der Waals surface area contributed by atoms with Gasteiger partial charge in [0, 0.05) is 18.1 Å². The second kappa shape index (κ2) is 13.8. The lowest BCUT2D eigenvalue weighted by Gasteiger charge is -2.13. The number of rotatable bonds is 13. The summed E-state index contributed by atoms with van der Waals surface area (Å²) in [4.78, 5) is 67.3. The molecule has 0 spiro atoms. The van der Waals surface area contributed by atoms with E-state index in [4.69, 9.17) is 4.84 Å². The number of hydrogen-bond acceptors (Lipinski definition) is 14. The Balaban J connectivity index is 1.71. The Morgan fingerprint density at radius 1 is 1.25 bits per heavy atom. The highest BCUT2D eigenvalue weighted by molar-refractivity contribution is 8.76. The normalized spacial score (nSPS) is 15.3. The van der Waals surface area contributed by atoms with Crippen molar-refractivity contribution >= 4 is 66.8 Å². The van der Waals surface area contributed by atoms with Crippen LogP contribution in [0.25, 0.3) is 0 Å². The number of nitroso groups, excluding NO2 is 1. The van der Waals surface area contributed by atoms with E-state index in [0.717, 1.165) is 7.11 Å². The van der Waals surface area contributed by atoms with Crippen LogP contribution < -0.4 is 10.2 Å². The number of nitrogens with zero attached hydrogens (tertiary/aromatic N) is 5. The summed E-state index contributed by atoms with van der Waals surface area (Å²) in [6, 6.07) is 4.17. The number of hydrogen-bond donors (Lipinski definition) is 1. The Kier molecular flexibility index (Phi) is 11.1. The maximum Gasteiger partial charge on any atom is 0.334 e. The molecule has 3 amide bonds. The highest BCUT2D eigenvalue weighted by Crippen LogP contribution is 2.26. The Labute approximate surface area is 212 Å². The van der Waals surface area contributed by atoms with E-state index in [1.807, 2.05) is 0 Å². The molecule has 0 radical (unpaired) electrons. The van der Waals surface area contributed by atoms with Crippen molar-refractivity contribution in [1.82, 2.24) is 15.3 Å². The van der Waals surface area contributed by atoms with Gasteiger partial charge in [0.05, 0.1) is 25.5 Å². The lowest BCUT2D eigenvalue weighted by molar-refractivity contribution is -0.197. The van der Waals surface area contributed by atoms with E-state index < -0.39 is 45.5 Å². The van der Waals surface area contributed by atoms with E-state index in [9.17, 15) is 32.5 Å². The van der Waals surface area contributed by atoms with Crippen LogP contribution in [0.15, 0.2) is 33.6 Å². The van der Waals surface area contributed by atoms with Gasteiger partial charge in [-0.15, -0.1) is 9.97 Å². The first-order chi connectivity index (χ1) is 17.1. The van der Waals surface area contributed by atoms with Crippen molar-refractivity contribution in [3.05, 3.63) is 28.7 Å². The zero-order valence-corrected chi connectivity index (χ0v) is 21.4. The van der Waals surface area contributed by atoms with E-state index in [2.05, 4.69) is 29.8 Å². The molecule has 0 bridgehead atoms. The summed E-state index contributed by atoms with van der Waals surface area (Å²) >= 11 is 0. The molecular weight excluding hydrogens is 540 g/mol. The smallest absolute Gasteiger partial charge is 0.334 e. The Morgan fingerprint density at radius 2 is 1.97 bits per heavy atom. The summed E-state index contributed by atoms with van der Waals surface area (Å²) in [6.45, 7) is 0.238. The molecule has 1 aromatic rings. The lowest BCUT2D eigenvalue weighted by atomic mass is 10.1. The molecule has 1 N–H and O–H groups in total. The third-order valence-electron chi connectivity index (χ3n) is 4.35. The first-order valence-electron chi connectivity index (χ1n) is 10.0. The van der Waals surface area contributed by atoms with E-state index >= 15 is 0 Å². The molecular formula is C18H21N6O9S3+. The quantitative estimate of drug-likeness (QED) is 0.0692. The second-order valence-electron chi connectivity index (χ2n) is 6.67. The van der Waals surface area contributed by atoms with Gasteiger partial charge in [0.2, 0.25) is 4.91 Å². The SMILES string of the molecule is CN=[N+]=Nc1ccc(N=O)c(C(=O)NCCSSCCC(=O)ON2C(=O)CC(S(=O)(=O)OC)C2=O)c1. The minimum atomic E-state index is -4.29. The predicted molar refractivity (Wildman–Crippen MR) is 129 cm³/mol. The number of imide groups is 1. The third kappa shape index (κ3) is 7.92. The van der Waals surface area contributed by atoms with Crippen LogP contribution in [0.1, 0.15) is 23.2 Å². The van der Waals surface area contributed by atoms with Gasteiger partial charge in [0.25, 0.3) is 27.8 Å². The molecule has 0 saturated carbocycles. The van der Waals surface area contributed by atoms with Crippen molar-refractivity contribution in [2.24, 2.45) is 15.4 Å². The van der Waals surface area contributed by atoms with Crippen LogP contribution in [0.3, 0.4) is 0 Å². The fourth-order valence-corrected chi connectivity index (χ4v) is 5.46. The first kappa shape index (κ1) is 29.1. The fraction of sp³-hybridized carbons (Fsp3) is 0.444. The molecule has 36 heavy (non-hydrogen) atoms. The van der Waals surface area contributed by atoms with Crippen molar-refractivity contribution in [2.45, 2.75) is 18.1 Å². The summed E-state index contributed by atoms with van der Waals surface area (Å²) in [5.74, 6) is -2.87.